The number of hydrogen-bond donors (Lipinski definition) is 2. The van der Waals surface area contributed by atoms with E-state index in [0.717, 1.165) is 28.3 Å². The highest BCUT2D eigenvalue weighted by molar-refractivity contribution is 7.80. The summed E-state index contributed by atoms with van der Waals surface area (Å²) in [5, 5.41) is 7.23. The fourth-order valence-corrected chi connectivity index (χ4v) is 5.85. The van der Waals surface area contributed by atoms with Crippen molar-refractivity contribution in [3.05, 3.63) is 107 Å². The van der Waals surface area contributed by atoms with Crippen molar-refractivity contribution < 1.29 is 4.79 Å². The van der Waals surface area contributed by atoms with E-state index in [1.807, 2.05) is 50.4 Å². The molecule has 0 unspecified atom stereocenters. The Kier molecular flexibility index (Phi) is 7.04. The van der Waals surface area contributed by atoms with Crippen LogP contribution < -0.4 is 15.5 Å². The van der Waals surface area contributed by atoms with E-state index in [1.54, 1.807) is 0 Å². The number of nitrogens with one attached hydrogen (secondary N) is 2. The van der Waals surface area contributed by atoms with Gasteiger partial charge in [0, 0.05) is 46.6 Å². The molecule has 3 heterocycles. The Bertz CT molecular complexity index is 1500. The number of aromatic nitrogens is 2. The number of anilines is 2. The zero-order valence-electron chi connectivity index (χ0n) is 22.4. The quantitative estimate of drug-likeness (QED) is 0.278. The van der Waals surface area contributed by atoms with Gasteiger partial charge in [-0.1, -0.05) is 31.2 Å². The van der Waals surface area contributed by atoms with Gasteiger partial charge in [-0.3, -0.25) is 9.78 Å². The normalized spacial score (nSPS) is 17.0. The summed E-state index contributed by atoms with van der Waals surface area (Å²) in [6.45, 7) is 10.4. The van der Waals surface area contributed by atoms with Crippen molar-refractivity contribution in [1.82, 2.24) is 14.9 Å². The van der Waals surface area contributed by atoms with Gasteiger partial charge < -0.3 is 20.1 Å². The minimum atomic E-state index is -0.132. The van der Waals surface area contributed by atoms with Crippen molar-refractivity contribution in [2.75, 3.05) is 10.2 Å². The molecule has 2 N–H and O–H groups in total. The molecule has 1 aliphatic heterocycles. The van der Waals surface area contributed by atoms with Crippen LogP contribution in [0.4, 0.5) is 11.4 Å². The van der Waals surface area contributed by atoms with E-state index < -0.39 is 0 Å². The van der Waals surface area contributed by atoms with Gasteiger partial charge in [0.05, 0.1) is 17.8 Å². The summed E-state index contributed by atoms with van der Waals surface area (Å²) < 4.78 is 2.33. The number of nitrogens with zero attached hydrogens (tertiary/aromatic N) is 3. The third-order valence-electron chi connectivity index (χ3n) is 7.50. The van der Waals surface area contributed by atoms with Crippen LogP contribution in [0.3, 0.4) is 0 Å². The average Bonchev–Trinajstić information content (AvgIpc) is 3.37. The molecule has 0 saturated carbocycles. The molecule has 1 fully saturated rings. The minimum absolute atomic E-state index is 0.00345. The van der Waals surface area contributed by atoms with Crippen LogP contribution in [0.2, 0.25) is 0 Å². The average molecular weight is 524 g/mol. The number of carbonyl (C=O) groups is 1. The molecule has 2 aromatic carbocycles. The molecular weight excluding hydrogens is 490 g/mol. The fraction of sp³-hybridized carbons (Fsp3) is 0.258. The molecular formula is C31H33N5OS. The van der Waals surface area contributed by atoms with Gasteiger partial charge >= 0.3 is 0 Å². The Morgan fingerprint density at radius 2 is 1.71 bits per heavy atom. The van der Waals surface area contributed by atoms with Gasteiger partial charge in [-0.05, 0) is 93.5 Å². The highest BCUT2D eigenvalue weighted by Gasteiger charge is 2.43. The molecule has 0 spiro atoms. The molecule has 4 aromatic rings. The lowest BCUT2D eigenvalue weighted by atomic mass is 9.93. The van der Waals surface area contributed by atoms with Gasteiger partial charge in [0.1, 0.15) is 0 Å². The summed E-state index contributed by atoms with van der Waals surface area (Å²) in [7, 11) is 0. The molecule has 38 heavy (non-hydrogen) atoms. The zero-order chi connectivity index (χ0) is 27.0. The standard InChI is InChI=1S/C31H33N5OS/c1-6-27(37)33-25-16-15-24(18-19(25)2)36-30(29(34-31(36)38)26-14-10-11-17-32-26)28-20(3)21(4)35(22(28)5)23-12-8-7-9-13-23/h7-18,29-30H,6H2,1-5H3,(H,33,37)(H,34,38)/t29-,30+/m1/s1. The number of carbonyl (C=O) groups excluding carboxylic acids is 1. The summed E-state index contributed by atoms with van der Waals surface area (Å²) in [6.07, 6.45) is 2.26. The van der Waals surface area contributed by atoms with Crippen LogP contribution in [0.25, 0.3) is 5.69 Å². The van der Waals surface area contributed by atoms with Gasteiger partial charge in [0.25, 0.3) is 0 Å². The number of pyridine rings is 1. The number of para-hydroxylation sites is 1. The number of rotatable bonds is 6. The second kappa shape index (κ2) is 10.4. The predicted molar refractivity (Wildman–Crippen MR) is 158 cm³/mol. The Labute approximate surface area is 229 Å². The lowest BCUT2D eigenvalue weighted by Crippen LogP contribution is -2.30. The molecule has 5 rings (SSSR count). The fourth-order valence-electron chi connectivity index (χ4n) is 5.51. The molecule has 2 aromatic heterocycles. The first-order valence-corrected chi connectivity index (χ1v) is 13.4. The maximum absolute atomic E-state index is 12.0. The first kappa shape index (κ1) is 25.7. The molecule has 7 heteroatoms. The summed E-state index contributed by atoms with van der Waals surface area (Å²) >= 11 is 5.97. The van der Waals surface area contributed by atoms with Gasteiger partial charge in [-0.25, -0.2) is 0 Å². The van der Waals surface area contributed by atoms with E-state index in [9.17, 15) is 4.79 Å². The van der Waals surface area contributed by atoms with Gasteiger partial charge in [0.2, 0.25) is 5.91 Å². The van der Waals surface area contributed by atoms with Gasteiger partial charge in [-0.2, -0.15) is 0 Å². The third-order valence-corrected chi connectivity index (χ3v) is 7.81. The molecule has 194 valence electrons. The van der Waals surface area contributed by atoms with Crippen molar-refractivity contribution in [2.24, 2.45) is 0 Å². The van der Waals surface area contributed by atoms with Crippen molar-refractivity contribution in [2.45, 2.75) is 53.1 Å². The van der Waals surface area contributed by atoms with Crippen molar-refractivity contribution in [3.8, 4) is 5.69 Å². The molecule has 6 nitrogen and oxygen atoms in total. The maximum atomic E-state index is 12.0. The second-order valence-corrected chi connectivity index (χ2v) is 10.2. The number of thiocarbonyl (C=S) groups is 1. The van der Waals surface area contributed by atoms with E-state index in [1.165, 1.54) is 22.5 Å². The summed E-state index contributed by atoms with van der Waals surface area (Å²) in [5.41, 5.74) is 9.70. The molecule has 1 amide bonds. The Balaban J connectivity index is 1.67. The van der Waals surface area contributed by atoms with E-state index >= 15 is 0 Å². The Hall–Kier alpha value is -3.97. The third kappa shape index (κ3) is 4.47. The number of benzene rings is 2. The van der Waals surface area contributed by atoms with Crippen LogP contribution >= 0.6 is 12.2 Å². The first-order valence-electron chi connectivity index (χ1n) is 13.0. The minimum Gasteiger partial charge on any atom is -0.351 e. The van der Waals surface area contributed by atoms with Crippen LogP contribution in [0.15, 0.2) is 72.9 Å². The highest BCUT2D eigenvalue weighted by atomic mass is 32.1. The van der Waals surface area contributed by atoms with Crippen LogP contribution in [-0.2, 0) is 4.79 Å². The summed E-state index contributed by atoms with van der Waals surface area (Å²) in [6, 6.07) is 22.3. The van der Waals surface area contributed by atoms with Crippen molar-refractivity contribution >= 4 is 34.6 Å². The van der Waals surface area contributed by atoms with Crippen molar-refractivity contribution in [3.63, 3.8) is 0 Å². The lowest BCUT2D eigenvalue weighted by Gasteiger charge is -2.29. The summed E-state index contributed by atoms with van der Waals surface area (Å²) in [5.74, 6) is -0.00345. The molecule has 0 aliphatic carbocycles. The molecule has 1 saturated heterocycles. The molecule has 2 atom stereocenters. The lowest BCUT2D eigenvalue weighted by molar-refractivity contribution is -0.115. The molecule has 1 aliphatic rings. The van der Waals surface area contributed by atoms with E-state index in [-0.39, 0.29) is 18.0 Å². The number of aryl methyl sites for hydroxylation is 1. The highest BCUT2D eigenvalue weighted by Crippen LogP contribution is 2.45. The number of amides is 1. The first-order chi connectivity index (χ1) is 18.3. The van der Waals surface area contributed by atoms with E-state index in [2.05, 4.69) is 77.3 Å². The largest absolute Gasteiger partial charge is 0.351 e. The smallest absolute Gasteiger partial charge is 0.224 e. The topological polar surface area (TPSA) is 62.2 Å². The van der Waals surface area contributed by atoms with Crippen LogP contribution in [0.1, 0.15) is 59.2 Å². The Morgan fingerprint density at radius 3 is 2.37 bits per heavy atom. The van der Waals surface area contributed by atoms with Gasteiger partial charge in [0.15, 0.2) is 5.11 Å². The molecule has 0 radical (unpaired) electrons. The van der Waals surface area contributed by atoms with Crippen LogP contribution in [-0.4, -0.2) is 20.6 Å². The van der Waals surface area contributed by atoms with Gasteiger partial charge in [-0.15, -0.1) is 0 Å². The monoisotopic (exact) mass is 523 g/mol. The zero-order valence-corrected chi connectivity index (χ0v) is 23.3. The Morgan fingerprint density at radius 1 is 0.974 bits per heavy atom. The van der Waals surface area contributed by atoms with E-state index in [4.69, 9.17) is 17.2 Å². The predicted octanol–water partition coefficient (Wildman–Crippen LogP) is 6.63. The molecule has 0 bridgehead atoms. The maximum Gasteiger partial charge on any atom is 0.224 e. The van der Waals surface area contributed by atoms with Crippen molar-refractivity contribution in [1.29, 1.82) is 0 Å². The number of hydrogen-bond acceptors (Lipinski definition) is 3. The summed E-state index contributed by atoms with van der Waals surface area (Å²) in [4.78, 5) is 19.0. The van der Waals surface area contributed by atoms with Crippen LogP contribution in [0.5, 0.6) is 0 Å². The second-order valence-electron chi connectivity index (χ2n) is 9.78. The van der Waals surface area contributed by atoms with E-state index in [0.29, 0.717) is 11.5 Å². The van der Waals surface area contributed by atoms with Crippen LogP contribution in [0, 0.1) is 27.7 Å². The SMILES string of the molecule is CCC(=O)Nc1ccc(N2C(=S)N[C@H](c3ccccn3)[C@@H]2c2c(C)c(C)n(-c3ccccc3)c2C)cc1C.